The highest BCUT2D eigenvalue weighted by molar-refractivity contribution is 5.75. The molecule has 1 saturated heterocycles. The van der Waals surface area contributed by atoms with E-state index in [1.807, 2.05) is 0 Å². The number of aromatic amines is 1. The lowest BCUT2D eigenvalue weighted by molar-refractivity contribution is 0.132. The topological polar surface area (TPSA) is 104 Å². The molecule has 0 atom stereocenters. The van der Waals surface area contributed by atoms with Crippen molar-refractivity contribution in [1.29, 1.82) is 0 Å². The Balaban J connectivity index is 1.34. The molecule has 1 saturated carbocycles. The van der Waals surface area contributed by atoms with Gasteiger partial charge in [0.2, 0.25) is 11.7 Å². The maximum absolute atomic E-state index is 12.2. The van der Waals surface area contributed by atoms with Crippen LogP contribution < -0.4 is 10.9 Å². The van der Waals surface area contributed by atoms with E-state index in [2.05, 4.69) is 20.4 Å². The van der Waals surface area contributed by atoms with Gasteiger partial charge < -0.3 is 19.7 Å². The molecule has 2 aromatic rings. The van der Waals surface area contributed by atoms with Crippen molar-refractivity contribution in [2.45, 2.75) is 44.1 Å². The summed E-state index contributed by atoms with van der Waals surface area (Å²) in [7, 11) is 0. The lowest BCUT2D eigenvalue weighted by atomic mass is 9.95. The van der Waals surface area contributed by atoms with Crippen LogP contribution >= 0.6 is 0 Å². The van der Waals surface area contributed by atoms with E-state index in [1.165, 1.54) is 19.3 Å². The summed E-state index contributed by atoms with van der Waals surface area (Å²) >= 11 is 0. The van der Waals surface area contributed by atoms with Gasteiger partial charge in [-0.3, -0.25) is 4.79 Å². The standard InChI is InChI=1S/C17H21N5O3/c23-15-13(7-4-8-18-15)14-20-16(25-21-14)11-9-22(10-11)17(24)19-12-5-2-1-3-6-12/h4,7-8,11-12H,1-3,5-6,9-10H2,(H,18,23)(H,19,24). The number of nitrogens with zero attached hydrogens (tertiary/aromatic N) is 3. The van der Waals surface area contributed by atoms with Crippen molar-refractivity contribution in [3.63, 3.8) is 0 Å². The Kier molecular flexibility index (Phi) is 4.25. The molecule has 2 aliphatic rings. The van der Waals surface area contributed by atoms with E-state index in [4.69, 9.17) is 4.52 Å². The van der Waals surface area contributed by atoms with Crippen molar-refractivity contribution in [3.8, 4) is 11.4 Å². The molecule has 0 bridgehead atoms. The summed E-state index contributed by atoms with van der Waals surface area (Å²) in [6, 6.07) is 3.66. The Morgan fingerprint density at radius 1 is 1.28 bits per heavy atom. The van der Waals surface area contributed by atoms with Crippen molar-refractivity contribution in [2.24, 2.45) is 0 Å². The average Bonchev–Trinajstić information content (AvgIpc) is 3.04. The third kappa shape index (κ3) is 3.29. The lowest BCUT2D eigenvalue weighted by Gasteiger charge is -2.38. The first-order chi connectivity index (χ1) is 12.2. The minimum absolute atomic E-state index is 0.0117. The van der Waals surface area contributed by atoms with Gasteiger partial charge in [0, 0.05) is 25.3 Å². The third-order valence-corrected chi connectivity index (χ3v) is 4.95. The quantitative estimate of drug-likeness (QED) is 0.885. The molecule has 132 valence electrons. The number of aromatic nitrogens is 3. The number of likely N-dealkylation sites (tertiary alicyclic amines) is 1. The van der Waals surface area contributed by atoms with Crippen molar-refractivity contribution in [3.05, 3.63) is 34.6 Å². The number of amides is 2. The summed E-state index contributed by atoms with van der Waals surface area (Å²) in [5.74, 6) is 0.781. The maximum atomic E-state index is 12.2. The SMILES string of the molecule is O=C(NC1CCCCC1)N1CC(c2nc(-c3ccc[nH]c3=O)no2)C1. The van der Waals surface area contributed by atoms with Crippen molar-refractivity contribution in [1.82, 2.24) is 25.3 Å². The van der Waals surface area contributed by atoms with Crippen molar-refractivity contribution >= 4 is 6.03 Å². The summed E-state index contributed by atoms with van der Waals surface area (Å²) in [4.78, 5) is 32.7. The summed E-state index contributed by atoms with van der Waals surface area (Å²) in [5.41, 5.74) is 0.126. The van der Waals surface area contributed by atoms with E-state index < -0.39 is 0 Å². The highest BCUT2D eigenvalue weighted by Crippen LogP contribution is 2.27. The Morgan fingerprint density at radius 3 is 2.84 bits per heavy atom. The first-order valence-electron chi connectivity index (χ1n) is 8.78. The maximum Gasteiger partial charge on any atom is 0.317 e. The number of rotatable bonds is 3. The number of hydrogen-bond donors (Lipinski definition) is 2. The van der Waals surface area contributed by atoms with Crippen LogP contribution in [0.25, 0.3) is 11.4 Å². The average molecular weight is 343 g/mol. The van der Waals surface area contributed by atoms with Gasteiger partial charge >= 0.3 is 6.03 Å². The second-order valence-corrected chi connectivity index (χ2v) is 6.76. The van der Waals surface area contributed by atoms with Crippen molar-refractivity contribution in [2.75, 3.05) is 13.1 Å². The molecule has 8 heteroatoms. The van der Waals surface area contributed by atoms with E-state index in [1.54, 1.807) is 23.2 Å². The summed E-state index contributed by atoms with van der Waals surface area (Å²) in [5, 5.41) is 6.99. The second kappa shape index (κ2) is 6.70. The molecule has 8 nitrogen and oxygen atoms in total. The van der Waals surface area contributed by atoms with Crippen LogP contribution in [0.3, 0.4) is 0 Å². The molecule has 1 aliphatic carbocycles. The Morgan fingerprint density at radius 2 is 2.08 bits per heavy atom. The third-order valence-electron chi connectivity index (χ3n) is 4.95. The number of nitrogens with one attached hydrogen (secondary N) is 2. The molecular weight excluding hydrogens is 322 g/mol. The van der Waals surface area contributed by atoms with Gasteiger partial charge in [0.1, 0.15) is 0 Å². The summed E-state index contributed by atoms with van der Waals surface area (Å²) in [6.45, 7) is 1.12. The van der Waals surface area contributed by atoms with Gasteiger partial charge in [0.05, 0.1) is 11.5 Å². The van der Waals surface area contributed by atoms with Crippen LogP contribution in [0.5, 0.6) is 0 Å². The number of pyridine rings is 1. The van der Waals surface area contributed by atoms with E-state index in [0.29, 0.717) is 30.6 Å². The number of H-pyrrole nitrogens is 1. The zero-order valence-electron chi connectivity index (χ0n) is 13.9. The molecule has 0 radical (unpaired) electrons. The monoisotopic (exact) mass is 343 g/mol. The van der Waals surface area contributed by atoms with Crippen LogP contribution in [0.2, 0.25) is 0 Å². The predicted octanol–water partition coefficient (Wildman–Crippen LogP) is 1.87. The first-order valence-corrected chi connectivity index (χ1v) is 8.78. The fourth-order valence-electron chi connectivity index (χ4n) is 3.42. The van der Waals surface area contributed by atoms with Crippen LogP contribution in [0.4, 0.5) is 4.79 Å². The van der Waals surface area contributed by atoms with E-state index in [0.717, 1.165) is 12.8 Å². The van der Waals surface area contributed by atoms with E-state index >= 15 is 0 Å². The fourth-order valence-corrected chi connectivity index (χ4v) is 3.42. The Labute approximate surface area is 144 Å². The number of hydrogen-bond acceptors (Lipinski definition) is 5. The molecule has 2 amide bonds. The van der Waals surface area contributed by atoms with Gasteiger partial charge in [-0.25, -0.2) is 4.79 Å². The number of carbonyl (C=O) groups is 1. The van der Waals surface area contributed by atoms with Gasteiger partial charge in [0.15, 0.2) is 0 Å². The van der Waals surface area contributed by atoms with Gasteiger partial charge in [0.25, 0.3) is 5.56 Å². The molecule has 0 unspecified atom stereocenters. The molecule has 3 heterocycles. The first kappa shape index (κ1) is 15.9. The number of urea groups is 1. The molecule has 1 aliphatic heterocycles. The highest BCUT2D eigenvalue weighted by Gasteiger charge is 2.36. The highest BCUT2D eigenvalue weighted by atomic mass is 16.5. The van der Waals surface area contributed by atoms with Crippen LogP contribution in [-0.2, 0) is 0 Å². The van der Waals surface area contributed by atoms with Crippen LogP contribution in [0, 0.1) is 0 Å². The molecule has 2 N–H and O–H groups in total. The second-order valence-electron chi connectivity index (χ2n) is 6.76. The number of carbonyl (C=O) groups excluding carboxylic acids is 1. The van der Waals surface area contributed by atoms with Crippen molar-refractivity contribution < 1.29 is 9.32 Å². The molecule has 2 fully saturated rings. The van der Waals surface area contributed by atoms with Crippen LogP contribution in [0.15, 0.2) is 27.6 Å². The van der Waals surface area contributed by atoms with Crippen LogP contribution in [0.1, 0.15) is 43.9 Å². The molecule has 0 aromatic carbocycles. The normalized spacial score (nSPS) is 18.8. The molecule has 25 heavy (non-hydrogen) atoms. The summed E-state index contributed by atoms with van der Waals surface area (Å²) < 4.78 is 5.28. The molecular formula is C17H21N5O3. The fraction of sp³-hybridized carbons (Fsp3) is 0.529. The van der Waals surface area contributed by atoms with Gasteiger partial charge in [-0.1, -0.05) is 24.4 Å². The predicted molar refractivity (Wildman–Crippen MR) is 90.1 cm³/mol. The molecule has 0 spiro atoms. The minimum Gasteiger partial charge on any atom is -0.339 e. The minimum atomic E-state index is -0.253. The largest absolute Gasteiger partial charge is 0.339 e. The van der Waals surface area contributed by atoms with Gasteiger partial charge in [-0.15, -0.1) is 0 Å². The van der Waals surface area contributed by atoms with Gasteiger partial charge in [-0.2, -0.15) is 4.98 Å². The summed E-state index contributed by atoms with van der Waals surface area (Å²) in [6.07, 6.45) is 7.35. The zero-order valence-corrected chi connectivity index (χ0v) is 13.9. The smallest absolute Gasteiger partial charge is 0.317 e. The lowest BCUT2D eigenvalue weighted by Crippen LogP contribution is -2.54. The zero-order chi connectivity index (χ0) is 17.2. The van der Waals surface area contributed by atoms with E-state index in [9.17, 15) is 9.59 Å². The van der Waals surface area contributed by atoms with Gasteiger partial charge in [-0.05, 0) is 25.0 Å². The Hall–Kier alpha value is -2.64. The Bertz CT molecular complexity index is 802. The molecule has 2 aromatic heterocycles. The van der Waals surface area contributed by atoms with Crippen LogP contribution in [-0.4, -0.2) is 45.2 Å². The van der Waals surface area contributed by atoms with E-state index in [-0.39, 0.29) is 23.3 Å². The molecule has 4 rings (SSSR count).